The summed E-state index contributed by atoms with van der Waals surface area (Å²) in [7, 11) is -3.65. The van der Waals surface area contributed by atoms with Gasteiger partial charge in [-0.2, -0.15) is 4.31 Å². The Hall–Kier alpha value is -0.690. The first kappa shape index (κ1) is 12.8. The van der Waals surface area contributed by atoms with Gasteiger partial charge in [0.15, 0.2) is 0 Å². The van der Waals surface area contributed by atoms with E-state index in [2.05, 4.69) is 4.98 Å². The number of sulfonamides is 1. The van der Waals surface area contributed by atoms with Crippen molar-refractivity contribution in [3.05, 3.63) is 23.5 Å². The molecule has 1 aliphatic rings. The molecule has 94 valence electrons. The van der Waals surface area contributed by atoms with E-state index in [9.17, 15) is 8.42 Å². The molecule has 0 amide bonds. The fourth-order valence-corrected chi connectivity index (χ4v) is 4.08. The van der Waals surface area contributed by atoms with E-state index in [0.29, 0.717) is 13.0 Å². The summed E-state index contributed by atoms with van der Waals surface area (Å²) in [6.45, 7) is 0.246. The minimum Gasteiger partial charge on any atom is -0.395 e. The highest BCUT2D eigenvalue weighted by Gasteiger charge is 2.35. The number of nitrogens with zero attached hydrogens (tertiary/aromatic N) is 2. The lowest BCUT2D eigenvalue weighted by atomic mass is 10.2. The summed E-state index contributed by atoms with van der Waals surface area (Å²) in [4.78, 5) is 3.78. The van der Waals surface area contributed by atoms with Crippen LogP contribution in [-0.4, -0.2) is 42.0 Å². The highest BCUT2D eigenvalue weighted by atomic mass is 35.5. The second kappa shape index (κ2) is 4.89. The molecule has 5 nitrogen and oxygen atoms in total. The average molecular weight is 277 g/mol. The summed E-state index contributed by atoms with van der Waals surface area (Å²) in [5.74, 6) is 0. The summed E-state index contributed by atoms with van der Waals surface area (Å²) >= 11 is 5.87. The summed E-state index contributed by atoms with van der Waals surface area (Å²) in [5.41, 5.74) is 0. The third kappa shape index (κ3) is 2.30. The molecule has 0 aromatic carbocycles. The minimum atomic E-state index is -3.65. The van der Waals surface area contributed by atoms with Crippen LogP contribution < -0.4 is 0 Å². The third-order valence-electron chi connectivity index (χ3n) is 2.85. The van der Waals surface area contributed by atoms with Crippen molar-refractivity contribution in [2.45, 2.75) is 23.8 Å². The molecule has 2 heterocycles. The number of aliphatic hydroxyl groups is 1. The number of rotatable bonds is 3. The summed E-state index contributed by atoms with van der Waals surface area (Å²) in [6.07, 6.45) is 4.11. The van der Waals surface area contributed by atoms with Crippen LogP contribution in [-0.2, 0) is 10.0 Å². The Labute approximate surface area is 105 Å². The molecule has 0 radical (unpaired) electrons. The van der Waals surface area contributed by atoms with Crippen molar-refractivity contribution in [1.82, 2.24) is 9.29 Å². The first-order valence-corrected chi connectivity index (χ1v) is 7.11. The molecule has 17 heavy (non-hydrogen) atoms. The van der Waals surface area contributed by atoms with Gasteiger partial charge in [0, 0.05) is 25.0 Å². The molecular weight excluding hydrogens is 264 g/mol. The molecule has 0 unspecified atom stereocenters. The largest absolute Gasteiger partial charge is 0.395 e. The summed E-state index contributed by atoms with van der Waals surface area (Å²) < 4.78 is 25.9. The standard InChI is InChI=1S/C10H13ClN2O3S/c11-9-3-4-12-6-10(9)17(15,16)13-5-1-2-8(13)7-14/h3-4,6,8,14H,1-2,5,7H2/t8-/m0/s1. The lowest BCUT2D eigenvalue weighted by Crippen LogP contribution is -2.37. The van der Waals surface area contributed by atoms with E-state index in [4.69, 9.17) is 16.7 Å². The molecule has 1 saturated heterocycles. The van der Waals surface area contributed by atoms with Crippen molar-refractivity contribution in [3.8, 4) is 0 Å². The second-order valence-electron chi connectivity index (χ2n) is 3.90. The van der Waals surface area contributed by atoms with Crippen LogP contribution in [0.2, 0.25) is 5.02 Å². The number of aliphatic hydroxyl groups excluding tert-OH is 1. The van der Waals surface area contributed by atoms with Gasteiger partial charge in [0.25, 0.3) is 0 Å². The lowest BCUT2D eigenvalue weighted by Gasteiger charge is -2.22. The van der Waals surface area contributed by atoms with Crippen LogP contribution in [0, 0.1) is 0 Å². The van der Waals surface area contributed by atoms with E-state index in [1.165, 1.54) is 22.8 Å². The van der Waals surface area contributed by atoms with Crippen molar-refractivity contribution in [2.75, 3.05) is 13.2 Å². The quantitative estimate of drug-likeness (QED) is 0.890. The van der Waals surface area contributed by atoms with Gasteiger partial charge in [0.05, 0.1) is 11.6 Å². The first-order chi connectivity index (χ1) is 8.07. The predicted molar refractivity (Wildman–Crippen MR) is 63.2 cm³/mol. The molecule has 1 aromatic heterocycles. The van der Waals surface area contributed by atoms with Crippen molar-refractivity contribution in [2.24, 2.45) is 0 Å². The van der Waals surface area contributed by atoms with Crippen LogP contribution in [0.5, 0.6) is 0 Å². The minimum absolute atomic E-state index is 0.00187. The lowest BCUT2D eigenvalue weighted by molar-refractivity contribution is 0.213. The molecule has 1 atom stereocenters. The fraction of sp³-hybridized carbons (Fsp3) is 0.500. The molecule has 0 bridgehead atoms. The van der Waals surface area contributed by atoms with Gasteiger partial charge in [-0.3, -0.25) is 4.98 Å². The summed E-state index contributed by atoms with van der Waals surface area (Å²) in [5, 5.41) is 9.32. The van der Waals surface area contributed by atoms with Crippen LogP contribution in [0.3, 0.4) is 0 Å². The topological polar surface area (TPSA) is 70.5 Å². The molecule has 0 spiro atoms. The monoisotopic (exact) mass is 276 g/mol. The third-order valence-corrected chi connectivity index (χ3v) is 5.28. The molecule has 0 aliphatic carbocycles. The Balaban J connectivity index is 2.40. The van der Waals surface area contributed by atoms with E-state index in [1.54, 1.807) is 0 Å². The number of aromatic nitrogens is 1. The highest BCUT2D eigenvalue weighted by Crippen LogP contribution is 2.29. The van der Waals surface area contributed by atoms with Crippen molar-refractivity contribution >= 4 is 21.6 Å². The van der Waals surface area contributed by atoms with Crippen LogP contribution in [0.1, 0.15) is 12.8 Å². The normalized spacial score (nSPS) is 21.9. The van der Waals surface area contributed by atoms with Crippen molar-refractivity contribution in [3.63, 3.8) is 0 Å². The molecule has 1 fully saturated rings. The van der Waals surface area contributed by atoms with Gasteiger partial charge in [-0.15, -0.1) is 0 Å². The molecule has 0 saturated carbocycles. The highest BCUT2D eigenvalue weighted by molar-refractivity contribution is 7.89. The Morgan fingerprint density at radius 1 is 1.59 bits per heavy atom. The van der Waals surface area contributed by atoms with Crippen LogP contribution >= 0.6 is 11.6 Å². The molecular formula is C10H13ClN2O3S. The smallest absolute Gasteiger partial charge is 0.246 e. The maximum atomic E-state index is 12.3. The van der Waals surface area contributed by atoms with E-state index in [0.717, 1.165) is 6.42 Å². The van der Waals surface area contributed by atoms with Gasteiger partial charge in [-0.25, -0.2) is 8.42 Å². The second-order valence-corrected chi connectivity index (χ2v) is 6.17. The maximum absolute atomic E-state index is 12.3. The van der Waals surface area contributed by atoms with Gasteiger partial charge in [0.1, 0.15) is 4.90 Å². The zero-order valence-corrected chi connectivity index (χ0v) is 10.7. The Bertz CT molecular complexity index is 506. The number of halogens is 1. The molecule has 1 aromatic rings. The van der Waals surface area contributed by atoms with Crippen molar-refractivity contribution in [1.29, 1.82) is 0 Å². The number of hydrogen-bond acceptors (Lipinski definition) is 4. The summed E-state index contributed by atoms with van der Waals surface area (Å²) in [6, 6.07) is 1.09. The predicted octanol–water partition coefficient (Wildman–Crippen LogP) is 0.880. The average Bonchev–Trinajstić information content (AvgIpc) is 2.78. The number of pyridine rings is 1. The van der Waals surface area contributed by atoms with E-state index in [1.807, 2.05) is 0 Å². The van der Waals surface area contributed by atoms with Gasteiger partial charge >= 0.3 is 0 Å². The molecule has 1 aliphatic heterocycles. The molecule has 1 N–H and O–H groups in total. The van der Waals surface area contributed by atoms with Gasteiger partial charge in [0.2, 0.25) is 10.0 Å². The zero-order chi connectivity index (χ0) is 12.5. The molecule has 2 rings (SSSR count). The first-order valence-electron chi connectivity index (χ1n) is 5.29. The van der Waals surface area contributed by atoms with E-state index >= 15 is 0 Å². The fourth-order valence-electron chi connectivity index (χ4n) is 1.99. The van der Waals surface area contributed by atoms with Gasteiger partial charge in [-0.1, -0.05) is 11.6 Å². The van der Waals surface area contributed by atoms with E-state index in [-0.39, 0.29) is 22.6 Å². The van der Waals surface area contributed by atoms with Gasteiger partial charge in [-0.05, 0) is 18.9 Å². The van der Waals surface area contributed by atoms with Crippen LogP contribution in [0.15, 0.2) is 23.4 Å². The number of hydrogen-bond donors (Lipinski definition) is 1. The Kier molecular flexibility index (Phi) is 3.67. The van der Waals surface area contributed by atoms with Crippen LogP contribution in [0.25, 0.3) is 0 Å². The Morgan fingerprint density at radius 2 is 2.35 bits per heavy atom. The van der Waals surface area contributed by atoms with Crippen LogP contribution in [0.4, 0.5) is 0 Å². The molecule has 7 heteroatoms. The van der Waals surface area contributed by atoms with Crippen molar-refractivity contribution < 1.29 is 13.5 Å². The van der Waals surface area contributed by atoms with E-state index < -0.39 is 10.0 Å². The van der Waals surface area contributed by atoms with Gasteiger partial charge < -0.3 is 5.11 Å². The Morgan fingerprint density at radius 3 is 3.00 bits per heavy atom. The zero-order valence-electron chi connectivity index (χ0n) is 9.08. The SMILES string of the molecule is O=S(=O)(c1cnccc1Cl)N1CCC[C@H]1CO. The maximum Gasteiger partial charge on any atom is 0.246 e.